The van der Waals surface area contributed by atoms with Crippen molar-refractivity contribution < 1.29 is 9.84 Å². The Morgan fingerprint density at radius 2 is 2.40 bits per heavy atom. The molecule has 0 bridgehead atoms. The molecule has 0 saturated heterocycles. The van der Waals surface area contributed by atoms with E-state index in [2.05, 4.69) is 10.2 Å². The number of rotatable bonds is 3. The van der Waals surface area contributed by atoms with Crippen molar-refractivity contribution in [3.8, 4) is 5.19 Å². The molecule has 0 aliphatic carbocycles. The van der Waals surface area contributed by atoms with Crippen LogP contribution in [0.2, 0.25) is 4.47 Å². The van der Waals surface area contributed by atoms with Crippen LogP contribution in [0.1, 0.15) is 0 Å². The Hall–Kier alpha value is -0.390. The zero-order valence-electron chi connectivity index (χ0n) is 4.95. The van der Waals surface area contributed by atoms with Crippen LogP contribution in [-0.2, 0) is 0 Å². The molecular formula is C4H5ClN2O2S. The highest BCUT2D eigenvalue weighted by molar-refractivity contribution is 7.17. The van der Waals surface area contributed by atoms with Gasteiger partial charge in [-0.3, -0.25) is 0 Å². The van der Waals surface area contributed by atoms with E-state index in [4.69, 9.17) is 21.4 Å². The molecule has 4 nitrogen and oxygen atoms in total. The van der Waals surface area contributed by atoms with Gasteiger partial charge in [-0.1, -0.05) is 5.10 Å². The summed E-state index contributed by atoms with van der Waals surface area (Å²) < 4.78 is 5.23. The van der Waals surface area contributed by atoms with Gasteiger partial charge in [0.15, 0.2) is 0 Å². The fraction of sp³-hybridized carbons (Fsp3) is 0.500. The van der Waals surface area contributed by atoms with Crippen molar-refractivity contribution in [1.82, 2.24) is 10.2 Å². The minimum Gasteiger partial charge on any atom is -0.466 e. The highest BCUT2D eigenvalue weighted by Crippen LogP contribution is 2.21. The maximum absolute atomic E-state index is 8.33. The molecule has 0 amide bonds. The standard InChI is InChI=1S/C4H5ClN2O2S/c5-3-6-7-4(10-3)9-2-1-8/h8H,1-2H2. The minimum absolute atomic E-state index is 0.0306. The lowest BCUT2D eigenvalue weighted by atomic mass is 10.8. The summed E-state index contributed by atoms with van der Waals surface area (Å²) in [6, 6.07) is 0. The normalized spacial score (nSPS) is 9.80. The van der Waals surface area contributed by atoms with Gasteiger partial charge in [0, 0.05) is 0 Å². The lowest BCUT2D eigenvalue weighted by Crippen LogP contribution is -2.00. The van der Waals surface area contributed by atoms with Crippen LogP contribution < -0.4 is 4.74 Å². The average Bonchev–Trinajstić information content (AvgIpc) is 2.31. The van der Waals surface area contributed by atoms with Crippen molar-refractivity contribution in [2.75, 3.05) is 13.2 Å². The maximum atomic E-state index is 8.33. The molecule has 0 aliphatic rings. The molecule has 10 heavy (non-hydrogen) atoms. The van der Waals surface area contributed by atoms with Crippen LogP contribution in [0.15, 0.2) is 0 Å². The van der Waals surface area contributed by atoms with Crippen LogP contribution in [-0.4, -0.2) is 28.5 Å². The second-order valence-electron chi connectivity index (χ2n) is 1.39. The summed E-state index contributed by atoms with van der Waals surface area (Å²) in [6.07, 6.45) is 0. The summed E-state index contributed by atoms with van der Waals surface area (Å²) in [7, 11) is 0. The highest BCUT2D eigenvalue weighted by atomic mass is 35.5. The van der Waals surface area contributed by atoms with E-state index in [1.54, 1.807) is 0 Å². The number of ether oxygens (including phenoxy) is 1. The molecule has 0 spiro atoms. The lowest BCUT2D eigenvalue weighted by Gasteiger charge is -1.94. The summed E-state index contributed by atoms with van der Waals surface area (Å²) in [6.45, 7) is 0.197. The van der Waals surface area contributed by atoms with Gasteiger partial charge in [-0.25, -0.2) is 0 Å². The Labute approximate surface area is 66.4 Å². The Bertz CT molecular complexity index is 205. The van der Waals surface area contributed by atoms with Crippen molar-refractivity contribution in [3.63, 3.8) is 0 Å². The third-order valence-electron chi connectivity index (χ3n) is 0.699. The van der Waals surface area contributed by atoms with Gasteiger partial charge in [0.05, 0.1) is 6.61 Å². The number of halogens is 1. The van der Waals surface area contributed by atoms with Gasteiger partial charge < -0.3 is 9.84 Å². The van der Waals surface area contributed by atoms with Crippen molar-refractivity contribution >= 4 is 22.9 Å². The van der Waals surface area contributed by atoms with E-state index in [9.17, 15) is 0 Å². The van der Waals surface area contributed by atoms with Gasteiger partial charge in [-0.15, -0.1) is 5.10 Å². The molecular weight excluding hydrogens is 176 g/mol. The Kier molecular flexibility index (Phi) is 2.85. The van der Waals surface area contributed by atoms with E-state index >= 15 is 0 Å². The monoisotopic (exact) mass is 180 g/mol. The van der Waals surface area contributed by atoms with Crippen molar-refractivity contribution in [2.24, 2.45) is 0 Å². The number of nitrogens with zero attached hydrogens (tertiary/aromatic N) is 2. The third-order valence-corrected chi connectivity index (χ3v) is 1.63. The average molecular weight is 181 g/mol. The Morgan fingerprint density at radius 3 is 2.90 bits per heavy atom. The molecule has 6 heteroatoms. The number of aliphatic hydroxyl groups is 1. The van der Waals surface area contributed by atoms with E-state index in [-0.39, 0.29) is 13.2 Å². The second kappa shape index (κ2) is 3.70. The number of aliphatic hydroxyl groups excluding tert-OH is 1. The Morgan fingerprint density at radius 1 is 1.60 bits per heavy atom. The summed E-state index contributed by atoms with van der Waals surface area (Å²) in [5, 5.41) is 15.8. The van der Waals surface area contributed by atoms with Crippen LogP contribution in [0.4, 0.5) is 0 Å². The highest BCUT2D eigenvalue weighted by Gasteiger charge is 2.00. The van der Waals surface area contributed by atoms with Crippen LogP contribution >= 0.6 is 22.9 Å². The first-order valence-electron chi connectivity index (χ1n) is 2.55. The fourth-order valence-electron chi connectivity index (χ4n) is 0.384. The van der Waals surface area contributed by atoms with Crippen LogP contribution in [0.25, 0.3) is 0 Å². The molecule has 1 aromatic heterocycles. The van der Waals surface area contributed by atoms with E-state index in [0.29, 0.717) is 9.66 Å². The summed E-state index contributed by atoms with van der Waals surface area (Å²) in [5.74, 6) is 0. The summed E-state index contributed by atoms with van der Waals surface area (Å²) in [4.78, 5) is 0. The lowest BCUT2D eigenvalue weighted by molar-refractivity contribution is 0.200. The quantitative estimate of drug-likeness (QED) is 0.739. The smallest absolute Gasteiger partial charge is 0.295 e. The molecule has 0 saturated carbocycles. The first-order valence-corrected chi connectivity index (χ1v) is 3.75. The summed E-state index contributed by atoms with van der Waals surface area (Å²) in [5.41, 5.74) is 0. The van der Waals surface area contributed by atoms with E-state index < -0.39 is 0 Å². The summed E-state index contributed by atoms with van der Waals surface area (Å²) >= 11 is 6.58. The minimum atomic E-state index is -0.0306. The molecule has 1 heterocycles. The SMILES string of the molecule is OCCOc1nnc(Cl)s1. The zero-order valence-corrected chi connectivity index (χ0v) is 6.52. The molecule has 0 aliphatic heterocycles. The molecule has 1 N–H and O–H groups in total. The van der Waals surface area contributed by atoms with Gasteiger partial charge in [-0.2, -0.15) is 0 Å². The van der Waals surface area contributed by atoms with Crippen LogP contribution in [0, 0.1) is 0 Å². The molecule has 56 valence electrons. The van der Waals surface area contributed by atoms with E-state index in [0.717, 1.165) is 11.3 Å². The molecule has 0 aromatic carbocycles. The predicted molar refractivity (Wildman–Crippen MR) is 37.5 cm³/mol. The zero-order chi connectivity index (χ0) is 7.40. The maximum Gasteiger partial charge on any atom is 0.295 e. The van der Waals surface area contributed by atoms with Gasteiger partial charge in [0.25, 0.3) is 5.19 Å². The first-order chi connectivity index (χ1) is 4.83. The molecule has 0 atom stereocenters. The van der Waals surface area contributed by atoms with Gasteiger partial charge in [0.1, 0.15) is 6.61 Å². The van der Waals surface area contributed by atoms with E-state index in [1.807, 2.05) is 0 Å². The Balaban J connectivity index is 2.42. The fourth-order valence-corrected chi connectivity index (χ4v) is 1.07. The van der Waals surface area contributed by atoms with Gasteiger partial charge >= 0.3 is 0 Å². The topological polar surface area (TPSA) is 55.2 Å². The molecule has 0 fully saturated rings. The van der Waals surface area contributed by atoms with Gasteiger partial charge in [-0.05, 0) is 22.9 Å². The number of hydrogen-bond acceptors (Lipinski definition) is 5. The van der Waals surface area contributed by atoms with Crippen LogP contribution in [0.5, 0.6) is 5.19 Å². The predicted octanol–water partition coefficient (Wildman–Crippen LogP) is 0.563. The molecule has 0 radical (unpaired) electrons. The molecule has 1 rings (SSSR count). The number of aromatic nitrogens is 2. The first kappa shape index (κ1) is 7.71. The second-order valence-corrected chi connectivity index (χ2v) is 2.92. The number of hydrogen-bond donors (Lipinski definition) is 1. The van der Waals surface area contributed by atoms with Gasteiger partial charge in [0.2, 0.25) is 4.47 Å². The van der Waals surface area contributed by atoms with E-state index in [1.165, 1.54) is 0 Å². The van der Waals surface area contributed by atoms with Crippen molar-refractivity contribution in [1.29, 1.82) is 0 Å². The van der Waals surface area contributed by atoms with Crippen LogP contribution in [0.3, 0.4) is 0 Å². The molecule has 0 unspecified atom stereocenters. The van der Waals surface area contributed by atoms with Crippen molar-refractivity contribution in [2.45, 2.75) is 0 Å². The largest absolute Gasteiger partial charge is 0.466 e. The third kappa shape index (κ3) is 2.09. The molecule has 1 aromatic rings. The van der Waals surface area contributed by atoms with Crippen molar-refractivity contribution in [3.05, 3.63) is 4.47 Å².